The Morgan fingerprint density at radius 1 is 1.38 bits per heavy atom. The molecule has 1 aromatic rings. The number of carbonyl (C=O) groups excluding carboxylic acids is 1. The van der Waals surface area contributed by atoms with E-state index in [1.165, 1.54) is 0 Å². The number of hydrogen-bond donors (Lipinski definition) is 3. The van der Waals surface area contributed by atoms with Crippen LogP contribution in [0.2, 0.25) is 0 Å². The first kappa shape index (κ1) is 22.9. The maximum absolute atomic E-state index is 12.2. The predicted molar refractivity (Wildman–Crippen MR) is 101 cm³/mol. The van der Waals surface area contributed by atoms with Gasteiger partial charge in [-0.1, -0.05) is 0 Å². The van der Waals surface area contributed by atoms with E-state index in [-0.39, 0.29) is 48.8 Å². The molecule has 0 radical (unpaired) electrons. The Kier molecular flexibility index (Phi) is 11.8. The highest BCUT2D eigenvalue weighted by molar-refractivity contribution is 5.85. The molecule has 4 N–H and O–H groups in total. The average molecular weight is 379 g/mol. The van der Waals surface area contributed by atoms with Crippen molar-refractivity contribution in [2.45, 2.75) is 37.8 Å². The van der Waals surface area contributed by atoms with Crippen molar-refractivity contribution in [1.82, 2.24) is 10.3 Å². The fourth-order valence-corrected chi connectivity index (χ4v) is 2.81. The Balaban J connectivity index is 0.00000264. The number of ether oxygens (including phenoxy) is 1. The monoisotopic (exact) mass is 378 g/mol. The van der Waals surface area contributed by atoms with Gasteiger partial charge in [-0.15, -0.1) is 24.8 Å². The Morgan fingerprint density at radius 3 is 2.83 bits per heavy atom. The summed E-state index contributed by atoms with van der Waals surface area (Å²) >= 11 is 0. The van der Waals surface area contributed by atoms with Crippen LogP contribution in [0.15, 0.2) is 24.5 Å². The van der Waals surface area contributed by atoms with Gasteiger partial charge in [0, 0.05) is 44.6 Å². The van der Waals surface area contributed by atoms with E-state index in [9.17, 15) is 4.79 Å². The Morgan fingerprint density at radius 2 is 2.17 bits per heavy atom. The van der Waals surface area contributed by atoms with Crippen LogP contribution in [0, 0.1) is 5.92 Å². The highest BCUT2D eigenvalue weighted by Crippen LogP contribution is 2.25. The average Bonchev–Trinajstić information content (AvgIpc) is 2.55. The van der Waals surface area contributed by atoms with Crippen molar-refractivity contribution in [2.75, 3.05) is 25.5 Å². The van der Waals surface area contributed by atoms with Gasteiger partial charge in [0.1, 0.15) is 0 Å². The Labute approximate surface area is 156 Å². The number of amides is 1. The van der Waals surface area contributed by atoms with E-state index >= 15 is 0 Å². The van der Waals surface area contributed by atoms with Crippen LogP contribution in [-0.2, 0) is 9.53 Å². The van der Waals surface area contributed by atoms with Gasteiger partial charge in [-0.05, 0) is 37.8 Å². The molecule has 0 saturated heterocycles. The molecule has 0 aromatic carbocycles. The summed E-state index contributed by atoms with van der Waals surface area (Å²) in [7, 11) is 1.66. The molecule has 3 atom stereocenters. The molecule has 0 spiro atoms. The second kappa shape index (κ2) is 12.3. The fraction of sp³-hybridized carbons (Fsp3) is 0.625. The van der Waals surface area contributed by atoms with Gasteiger partial charge in [0.25, 0.3) is 0 Å². The summed E-state index contributed by atoms with van der Waals surface area (Å²) in [4.78, 5) is 16.2. The number of carbonyl (C=O) groups is 1. The van der Waals surface area contributed by atoms with Crippen LogP contribution in [-0.4, -0.2) is 43.2 Å². The standard InChI is InChI=1S/C16H26N4O2.2ClH/c1-22-15-10-12(5-6-14(15)17)16(21)20-9-3-8-19-13-4-2-7-18-11-13;;/h2,4,7,11-12,14-15,19H,3,5-6,8-10,17H2,1H3,(H,20,21);2*1H/t12-,14-,15-;;/m0../s1. The maximum Gasteiger partial charge on any atom is 0.223 e. The molecule has 0 unspecified atom stereocenters. The fourth-order valence-electron chi connectivity index (χ4n) is 2.81. The number of pyridine rings is 1. The van der Waals surface area contributed by atoms with E-state index in [1.807, 2.05) is 12.1 Å². The SMILES string of the molecule is CO[C@H]1C[C@@H](C(=O)NCCCNc2cccnc2)CC[C@@H]1N.Cl.Cl. The molecule has 24 heavy (non-hydrogen) atoms. The lowest BCUT2D eigenvalue weighted by molar-refractivity contribution is -0.127. The molecular weight excluding hydrogens is 351 g/mol. The lowest BCUT2D eigenvalue weighted by Gasteiger charge is -2.32. The van der Waals surface area contributed by atoms with Crippen molar-refractivity contribution in [2.24, 2.45) is 11.7 Å². The minimum atomic E-state index is -0.00301. The third-order valence-corrected chi connectivity index (χ3v) is 4.16. The van der Waals surface area contributed by atoms with Crippen molar-refractivity contribution in [3.05, 3.63) is 24.5 Å². The van der Waals surface area contributed by atoms with Crippen LogP contribution in [0.3, 0.4) is 0 Å². The third-order valence-electron chi connectivity index (χ3n) is 4.16. The number of methoxy groups -OCH3 is 1. The van der Waals surface area contributed by atoms with E-state index in [2.05, 4.69) is 15.6 Å². The van der Waals surface area contributed by atoms with Gasteiger partial charge in [0.15, 0.2) is 0 Å². The first-order valence-corrected chi connectivity index (χ1v) is 7.90. The minimum absolute atomic E-state index is 0. The van der Waals surface area contributed by atoms with E-state index in [0.717, 1.165) is 37.9 Å². The predicted octanol–water partition coefficient (Wildman–Crippen LogP) is 1.99. The zero-order valence-corrected chi connectivity index (χ0v) is 15.6. The molecule has 1 amide bonds. The van der Waals surface area contributed by atoms with Gasteiger partial charge < -0.3 is 21.1 Å². The second-order valence-corrected chi connectivity index (χ2v) is 5.76. The van der Waals surface area contributed by atoms with Gasteiger partial charge in [-0.25, -0.2) is 0 Å². The first-order chi connectivity index (χ1) is 10.7. The van der Waals surface area contributed by atoms with Gasteiger partial charge >= 0.3 is 0 Å². The zero-order valence-electron chi connectivity index (χ0n) is 13.9. The quantitative estimate of drug-likeness (QED) is 0.631. The Bertz CT molecular complexity index is 465. The summed E-state index contributed by atoms with van der Waals surface area (Å²) in [6, 6.07) is 3.92. The lowest BCUT2D eigenvalue weighted by atomic mass is 9.83. The largest absolute Gasteiger partial charge is 0.384 e. The number of nitrogens with zero attached hydrogens (tertiary/aromatic N) is 1. The van der Waals surface area contributed by atoms with Crippen LogP contribution < -0.4 is 16.4 Å². The summed E-state index contributed by atoms with van der Waals surface area (Å²) in [5, 5.41) is 6.28. The highest BCUT2D eigenvalue weighted by Gasteiger charge is 2.31. The number of nitrogens with two attached hydrogens (primary N) is 1. The molecule has 1 fully saturated rings. The Hall–Kier alpha value is -1.08. The van der Waals surface area contributed by atoms with Crippen LogP contribution in [0.4, 0.5) is 5.69 Å². The molecule has 0 bridgehead atoms. The number of aromatic nitrogens is 1. The van der Waals surface area contributed by atoms with E-state index in [4.69, 9.17) is 10.5 Å². The highest BCUT2D eigenvalue weighted by atomic mass is 35.5. The summed E-state index contributed by atoms with van der Waals surface area (Å²) in [6.07, 6.45) is 6.82. The van der Waals surface area contributed by atoms with Crippen molar-refractivity contribution < 1.29 is 9.53 Å². The molecule has 6 nitrogen and oxygen atoms in total. The van der Waals surface area contributed by atoms with Crippen LogP contribution in [0.5, 0.6) is 0 Å². The zero-order chi connectivity index (χ0) is 15.8. The number of halogens is 2. The molecule has 1 aromatic heterocycles. The lowest BCUT2D eigenvalue weighted by Crippen LogP contribution is -2.45. The summed E-state index contributed by atoms with van der Waals surface area (Å²) in [5.41, 5.74) is 6.97. The topological polar surface area (TPSA) is 89.3 Å². The van der Waals surface area contributed by atoms with Gasteiger partial charge in [-0.3, -0.25) is 9.78 Å². The molecule has 1 heterocycles. The summed E-state index contributed by atoms with van der Waals surface area (Å²) in [6.45, 7) is 1.48. The molecule has 0 aliphatic heterocycles. The van der Waals surface area contributed by atoms with Gasteiger partial charge in [0.2, 0.25) is 5.91 Å². The van der Waals surface area contributed by atoms with Crippen molar-refractivity contribution in [1.29, 1.82) is 0 Å². The van der Waals surface area contributed by atoms with Crippen molar-refractivity contribution in [3.8, 4) is 0 Å². The number of nitrogens with one attached hydrogen (secondary N) is 2. The van der Waals surface area contributed by atoms with Crippen LogP contribution >= 0.6 is 24.8 Å². The number of hydrogen-bond acceptors (Lipinski definition) is 5. The van der Waals surface area contributed by atoms with Gasteiger partial charge in [0.05, 0.1) is 11.8 Å². The molecule has 138 valence electrons. The first-order valence-electron chi connectivity index (χ1n) is 7.90. The summed E-state index contributed by atoms with van der Waals surface area (Å²) in [5.74, 6) is 0.145. The number of anilines is 1. The van der Waals surface area contributed by atoms with Crippen LogP contribution in [0.1, 0.15) is 25.7 Å². The number of rotatable bonds is 7. The van der Waals surface area contributed by atoms with Gasteiger partial charge in [-0.2, -0.15) is 0 Å². The molecule has 1 aliphatic rings. The molecular formula is C16H28Cl2N4O2. The van der Waals surface area contributed by atoms with Crippen molar-refractivity contribution >= 4 is 36.4 Å². The molecule has 1 aliphatic carbocycles. The molecule has 1 saturated carbocycles. The molecule has 2 rings (SSSR count). The normalized spacial score (nSPS) is 22.7. The maximum atomic E-state index is 12.2. The minimum Gasteiger partial charge on any atom is -0.384 e. The van der Waals surface area contributed by atoms with E-state index in [1.54, 1.807) is 19.5 Å². The van der Waals surface area contributed by atoms with Crippen LogP contribution in [0.25, 0.3) is 0 Å². The van der Waals surface area contributed by atoms with E-state index in [0.29, 0.717) is 6.54 Å². The van der Waals surface area contributed by atoms with E-state index < -0.39 is 0 Å². The molecule has 8 heteroatoms. The third kappa shape index (κ3) is 7.21. The van der Waals surface area contributed by atoms with Crippen molar-refractivity contribution in [3.63, 3.8) is 0 Å². The summed E-state index contributed by atoms with van der Waals surface area (Å²) < 4.78 is 5.35. The smallest absolute Gasteiger partial charge is 0.223 e. The second-order valence-electron chi connectivity index (χ2n) is 5.76.